The smallest absolute Gasteiger partial charge is 0.240 e. The van der Waals surface area contributed by atoms with Gasteiger partial charge < -0.3 is 15.5 Å². The van der Waals surface area contributed by atoms with Crippen LogP contribution in [0, 0.1) is 5.92 Å². The van der Waals surface area contributed by atoms with Crippen LogP contribution >= 0.6 is 0 Å². The molecule has 2 heterocycles. The van der Waals surface area contributed by atoms with Crippen LogP contribution in [-0.2, 0) is 4.79 Å². The summed E-state index contributed by atoms with van der Waals surface area (Å²) in [6.07, 6.45) is 4.51. The lowest BCUT2D eigenvalue weighted by atomic mass is 9.90. The van der Waals surface area contributed by atoms with E-state index in [1.54, 1.807) is 0 Å². The molecular formula is C15H29N3O. The van der Waals surface area contributed by atoms with Gasteiger partial charge in [0, 0.05) is 19.1 Å². The highest BCUT2D eigenvalue weighted by Gasteiger charge is 2.34. The molecule has 0 aromatic rings. The number of likely N-dealkylation sites (tertiary alicyclic amines) is 1. The molecule has 0 aromatic heterocycles. The zero-order valence-corrected chi connectivity index (χ0v) is 12.7. The summed E-state index contributed by atoms with van der Waals surface area (Å²) in [7, 11) is 0. The van der Waals surface area contributed by atoms with E-state index in [0.717, 1.165) is 32.5 Å². The van der Waals surface area contributed by atoms with E-state index in [-0.39, 0.29) is 11.4 Å². The van der Waals surface area contributed by atoms with Crippen molar-refractivity contribution in [1.82, 2.24) is 15.5 Å². The molecule has 0 aromatic carbocycles. The third-order valence-electron chi connectivity index (χ3n) is 4.72. The van der Waals surface area contributed by atoms with Gasteiger partial charge in [-0.25, -0.2) is 0 Å². The molecule has 0 radical (unpaired) electrons. The van der Waals surface area contributed by atoms with Crippen LogP contribution in [0.2, 0.25) is 0 Å². The fraction of sp³-hybridized carbons (Fsp3) is 0.933. The highest BCUT2D eigenvalue weighted by Crippen LogP contribution is 2.20. The maximum atomic E-state index is 12.3. The average molecular weight is 267 g/mol. The highest BCUT2D eigenvalue weighted by atomic mass is 16.2. The Bertz CT molecular complexity index is 311. The lowest BCUT2D eigenvalue weighted by Crippen LogP contribution is -2.57. The summed E-state index contributed by atoms with van der Waals surface area (Å²) in [5, 5.41) is 6.54. The van der Waals surface area contributed by atoms with Gasteiger partial charge in [0.2, 0.25) is 5.91 Å². The van der Waals surface area contributed by atoms with Gasteiger partial charge in [0.25, 0.3) is 0 Å². The van der Waals surface area contributed by atoms with E-state index in [0.29, 0.717) is 12.0 Å². The maximum Gasteiger partial charge on any atom is 0.240 e. The Balaban J connectivity index is 1.75. The normalized spacial score (nSPS) is 32.7. The first-order chi connectivity index (χ1) is 9.01. The van der Waals surface area contributed by atoms with Crippen molar-refractivity contribution in [3.63, 3.8) is 0 Å². The van der Waals surface area contributed by atoms with Crippen molar-refractivity contribution in [3.8, 4) is 0 Å². The molecule has 2 atom stereocenters. The first kappa shape index (κ1) is 14.8. The van der Waals surface area contributed by atoms with Crippen molar-refractivity contribution in [3.05, 3.63) is 0 Å². The molecule has 0 spiro atoms. The fourth-order valence-corrected chi connectivity index (χ4v) is 3.18. The van der Waals surface area contributed by atoms with Gasteiger partial charge in [-0.2, -0.15) is 0 Å². The van der Waals surface area contributed by atoms with E-state index in [4.69, 9.17) is 0 Å². The summed E-state index contributed by atoms with van der Waals surface area (Å²) < 4.78 is 0. The van der Waals surface area contributed by atoms with Gasteiger partial charge in [0.05, 0.1) is 5.54 Å². The first-order valence-electron chi connectivity index (χ1n) is 7.78. The molecule has 2 aliphatic rings. The van der Waals surface area contributed by atoms with Crippen LogP contribution in [0.5, 0.6) is 0 Å². The summed E-state index contributed by atoms with van der Waals surface area (Å²) in [4.78, 5) is 14.8. The largest absolute Gasteiger partial charge is 0.354 e. The molecule has 2 saturated heterocycles. The minimum absolute atomic E-state index is 0.190. The summed E-state index contributed by atoms with van der Waals surface area (Å²) in [5.41, 5.74) is -0.339. The Labute approximate surface area is 117 Å². The summed E-state index contributed by atoms with van der Waals surface area (Å²) in [6.45, 7) is 10.6. The van der Waals surface area contributed by atoms with E-state index in [2.05, 4.69) is 29.4 Å². The van der Waals surface area contributed by atoms with Gasteiger partial charge in [-0.3, -0.25) is 4.79 Å². The summed E-state index contributed by atoms with van der Waals surface area (Å²) >= 11 is 0. The molecule has 110 valence electrons. The van der Waals surface area contributed by atoms with Crippen molar-refractivity contribution < 1.29 is 4.79 Å². The van der Waals surface area contributed by atoms with Crippen molar-refractivity contribution >= 4 is 5.91 Å². The minimum atomic E-state index is -0.339. The second-order valence-electron chi connectivity index (χ2n) is 6.67. The van der Waals surface area contributed by atoms with Gasteiger partial charge in [-0.05, 0) is 65.5 Å². The highest BCUT2D eigenvalue weighted by molar-refractivity contribution is 5.85. The molecule has 0 bridgehead atoms. The van der Waals surface area contributed by atoms with Crippen molar-refractivity contribution in [2.24, 2.45) is 5.92 Å². The van der Waals surface area contributed by atoms with Gasteiger partial charge in [-0.1, -0.05) is 0 Å². The van der Waals surface area contributed by atoms with Crippen LogP contribution in [0.3, 0.4) is 0 Å². The Morgan fingerprint density at radius 3 is 2.84 bits per heavy atom. The molecule has 2 fully saturated rings. The number of amides is 1. The van der Waals surface area contributed by atoms with Crippen molar-refractivity contribution in [1.29, 1.82) is 0 Å². The molecule has 4 nitrogen and oxygen atoms in total. The van der Waals surface area contributed by atoms with E-state index in [9.17, 15) is 4.79 Å². The minimum Gasteiger partial charge on any atom is -0.354 e. The van der Waals surface area contributed by atoms with Gasteiger partial charge in [-0.15, -0.1) is 0 Å². The van der Waals surface area contributed by atoms with Gasteiger partial charge >= 0.3 is 0 Å². The van der Waals surface area contributed by atoms with Crippen LogP contribution < -0.4 is 10.6 Å². The molecule has 0 saturated carbocycles. The predicted molar refractivity (Wildman–Crippen MR) is 78.1 cm³/mol. The molecule has 0 aliphatic carbocycles. The van der Waals surface area contributed by atoms with Crippen LogP contribution in [0.1, 0.15) is 46.5 Å². The number of nitrogens with one attached hydrogen (secondary N) is 2. The van der Waals surface area contributed by atoms with Crippen LogP contribution in [0.25, 0.3) is 0 Å². The van der Waals surface area contributed by atoms with E-state index < -0.39 is 0 Å². The van der Waals surface area contributed by atoms with Crippen LogP contribution in [0.4, 0.5) is 0 Å². The Kier molecular flexibility index (Phi) is 4.85. The molecule has 4 heteroatoms. The van der Waals surface area contributed by atoms with E-state index in [1.807, 2.05) is 6.92 Å². The Morgan fingerprint density at radius 1 is 1.47 bits per heavy atom. The fourth-order valence-electron chi connectivity index (χ4n) is 3.18. The topological polar surface area (TPSA) is 44.4 Å². The number of carbonyl (C=O) groups excluding carboxylic acids is 1. The average Bonchev–Trinajstić information content (AvgIpc) is 2.85. The summed E-state index contributed by atoms with van der Waals surface area (Å²) in [5.74, 6) is 0.814. The predicted octanol–water partition coefficient (Wildman–Crippen LogP) is 1.37. The Morgan fingerprint density at radius 2 is 2.26 bits per heavy atom. The van der Waals surface area contributed by atoms with Gasteiger partial charge in [0.1, 0.15) is 0 Å². The molecule has 2 unspecified atom stereocenters. The standard InChI is InChI=1S/C15H29N3O/c1-12(2)18-9-6-13(11-18)10-16-14(19)15(3)7-4-5-8-17-15/h12-13,17H,4-11H2,1-3H3,(H,16,19). The number of carbonyl (C=O) groups is 1. The third-order valence-corrected chi connectivity index (χ3v) is 4.72. The Hall–Kier alpha value is -0.610. The lowest BCUT2D eigenvalue weighted by molar-refractivity contribution is -0.128. The molecular weight excluding hydrogens is 238 g/mol. The SMILES string of the molecule is CC(C)N1CCC(CNC(=O)C2(C)CCCCN2)C1. The van der Waals surface area contributed by atoms with Crippen molar-refractivity contribution in [2.45, 2.75) is 58.0 Å². The number of piperidine rings is 1. The maximum absolute atomic E-state index is 12.3. The van der Waals surface area contributed by atoms with E-state index in [1.165, 1.54) is 19.4 Å². The monoisotopic (exact) mass is 267 g/mol. The van der Waals surface area contributed by atoms with Gasteiger partial charge in [0.15, 0.2) is 0 Å². The lowest BCUT2D eigenvalue weighted by Gasteiger charge is -2.33. The first-order valence-corrected chi connectivity index (χ1v) is 7.78. The van der Waals surface area contributed by atoms with Crippen molar-refractivity contribution in [2.75, 3.05) is 26.2 Å². The zero-order chi connectivity index (χ0) is 13.9. The summed E-state index contributed by atoms with van der Waals surface area (Å²) in [6, 6.07) is 0.623. The molecule has 2 N–H and O–H groups in total. The van der Waals surface area contributed by atoms with Crippen LogP contribution in [-0.4, -0.2) is 48.6 Å². The third kappa shape index (κ3) is 3.69. The quantitative estimate of drug-likeness (QED) is 0.808. The number of hydrogen-bond acceptors (Lipinski definition) is 3. The number of rotatable bonds is 4. The van der Waals surface area contributed by atoms with E-state index >= 15 is 0 Å². The molecule has 2 aliphatic heterocycles. The van der Waals surface area contributed by atoms with Crippen LogP contribution in [0.15, 0.2) is 0 Å². The molecule has 19 heavy (non-hydrogen) atoms. The number of hydrogen-bond donors (Lipinski definition) is 2. The number of nitrogens with zero attached hydrogens (tertiary/aromatic N) is 1. The zero-order valence-electron chi connectivity index (χ0n) is 12.7. The molecule has 2 rings (SSSR count). The second-order valence-corrected chi connectivity index (χ2v) is 6.67. The molecule has 1 amide bonds. The second kappa shape index (κ2) is 6.23.